The van der Waals surface area contributed by atoms with Crippen LogP contribution in [0.1, 0.15) is 89.4 Å². The Morgan fingerprint density at radius 2 is 1.93 bits per heavy atom. The topological polar surface area (TPSA) is 43.4 Å². The highest BCUT2D eigenvalue weighted by atomic mass is 16.5. The summed E-state index contributed by atoms with van der Waals surface area (Å²) >= 11 is 0. The number of carbonyl (C=O) groups is 2. The first-order valence-corrected chi connectivity index (χ1v) is 11.1. The summed E-state index contributed by atoms with van der Waals surface area (Å²) in [5.41, 5.74) is 2.50. The predicted molar refractivity (Wildman–Crippen MR) is 112 cm³/mol. The van der Waals surface area contributed by atoms with Crippen molar-refractivity contribution in [2.24, 2.45) is 23.2 Å². The molecule has 3 nitrogen and oxygen atoms in total. The fraction of sp³-hybridized carbons (Fsp3) is 0.680. The summed E-state index contributed by atoms with van der Waals surface area (Å²) in [6.07, 6.45) is 8.22. The average Bonchev–Trinajstić information content (AvgIpc) is 2.99. The lowest BCUT2D eigenvalue weighted by molar-refractivity contribution is -0.147. The first-order valence-electron chi connectivity index (χ1n) is 11.1. The molecule has 3 rings (SSSR count). The van der Waals surface area contributed by atoms with Gasteiger partial charge in [-0.3, -0.25) is 9.59 Å². The molecule has 0 N–H and O–H groups in total. The number of rotatable bonds is 7. The van der Waals surface area contributed by atoms with Gasteiger partial charge in [0, 0.05) is 19.3 Å². The number of hydrogen-bond donors (Lipinski definition) is 0. The molecule has 0 amide bonds. The lowest BCUT2D eigenvalue weighted by Crippen LogP contribution is -2.39. The fourth-order valence-electron chi connectivity index (χ4n) is 6.01. The van der Waals surface area contributed by atoms with Crippen LogP contribution in [0.4, 0.5) is 0 Å². The van der Waals surface area contributed by atoms with Gasteiger partial charge in [0.05, 0.1) is 0 Å². The molecule has 2 unspecified atom stereocenters. The van der Waals surface area contributed by atoms with Gasteiger partial charge in [-0.05, 0) is 68.3 Å². The van der Waals surface area contributed by atoms with E-state index in [0.717, 1.165) is 44.1 Å². The van der Waals surface area contributed by atoms with E-state index in [0.29, 0.717) is 23.5 Å². The molecule has 0 aliphatic heterocycles. The molecule has 2 saturated carbocycles. The third-order valence-electron chi connectivity index (χ3n) is 7.51. The van der Waals surface area contributed by atoms with Gasteiger partial charge >= 0.3 is 5.97 Å². The summed E-state index contributed by atoms with van der Waals surface area (Å²) in [6.45, 7) is 8.29. The van der Waals surface area contributed by atoms with Crippen molar-refractivity contribution in [2.75, 3.05) is 0 Å². The summed E-state index contributed by atoms with van der Waals surface area (Å²) in [6, 6.07) is 8.30. The van der Waals surface area contributed by atoms with E-state index in [-0.39, 0.29) is 17.5 Å². The van der Waals surface area contributed by atoms with Crippen LogP contribution < -0.4 is 0 Å². The third kappa shape index (κ3) is 4.50. The average molecular weight is 385 g/mol. The highest BCUT2D eigenvalue weighted by Gasteiger charge is 2.52. The maximum Gasteiger partial charge on any atom is 0.303 e. The maximum absolute atomic E-state index is 12.4. The van der Waals surface area contributed by atoms with Crippen molar-refractivity contribution in [1.29, 1.82) is 0 Å². The smallest absolute Gasteiger partial charge is 0.303 e. The summed E-state index contributed by atoms with van der Waals surface area (Å²) < 4.78 is 5.62. The number of carbonyl (C=O) groups excluding carboxylic acids is 2. The second-order valence-electron chi connectivity index (χ2n) is 9.48. The number of benzene rings is 1. The van der Waals surface area contributed by atoms with E-state index in [9.17, 15) is 9.59 Å². The maximum atomic E-state index is 12.4. The molecule has 2 fully saturated rings. The minimum atomic E-state index is -0.217. The van der Waals surface area contributed by atoms with Crippen LogP contribution in [0.2, 0.25) is 0 Å². The molecule has 0 saturated heterocycles. The van der Waals surface area contributed by atoms with Crippen molar-refractivity contribution in [3.63, 3.8) is 0 Å². The molecule has 0 aromatic heterocycles. The van der Waals surface area contributed by atoms with Crippen LogP contribution in [0.15, 0.2) is 24.3 Å². The second kappa shape index (κ2) is 8.80. The molecule has 1 aromatic carbocycles. The number of Topliss-reactive ketones (excluding diaryl/α,β-unsaturated/α-hetero) is 1. The highest BCUT2D eigenvalue weighted by Crippen LogP contribution is 2.57. The molecule has 154 valence electrons. The highest BCUT2D eigenvalue weighted by molar-refractivity contribution is 5.83. The Morgan fingerprint density at radius 3 is 2.61 bits per heavy atom. The molecular weight excluding hydrogens is 348 g/mol. The second-order valence-corrected chi connectivity index (χ2v) is 9.48. The van der Waals surface area contributed by atoms with Gasteiger partial charge < -0.3 is 4.74 Å². The van der Waals surface area contributed by atoms with E-state index in [4.69, 9.17) is 4.74 Å². The van der Waals surface area contributed by atoms with Crippen molar-refractivity contribution in [3.8, 4) is 0 Å². The summed E-state index contributed by atoms with van der Waals surface area (Å²) in [5.74, 6) is 1.85. The number of ketones is 1. The molecule has 2 aliphatic carbocycles. The lowest BCUT2D eigenvalue weighted by atomic mass is 9.62. The number of esters is 1. The Hall–Kier alpha value is -1.64. The Labute approximate surface area is 170 Å². The molecule has 28 heavy (non-hydrogen) atoms. The van der Waals surface area contributed by atoms with Crippen molar-refractivity contribution >= 4 is 11.8 Å². The number of fused-ring (bicyclic) bond motifs is 1. The molecule has 0 bridgehead atoms. The van der Waals surface area contributed by atoms with E-state index < -0.39 is 0 Å². The molecule has 0 heterocycles. The van der Waals surface area contributed by atoms with Gasteiger partial charge in [0.25, 0.3) is 0 Å². The Balaban J connectivity index is 1.58. The standard InChI is InChI=1S/C25H36O3/c1-17-10-12-20(13-11-17)24(28-19(3)26)9-5-7-18(2)21-14-15-22-23(27)8-6-16-25(21,22)4/h10-13,18,21-22,24H,5-9,14-16H2,1-4H3/t18?,21-,22+,24?,25-/m1/s1. The van der Waals surface area contributed by atoms with E-state index >= 15 is 0 Å². The van der Waals surface area contributed by atoms with Gasteiger partial charge in [0.1, 0.15) is 11.9 Å². The number of hydrogen-bond acceptors (Lipinski definition) is 3. The third-order valence-corrected chi connectivity index (χ3v) is 7.51. The normalized spacial score (nSPS) is 29.2. The van der Waals surface area contributed by atoms with Crippen LogP contribution in [0, 0.1) is 30.1 Å². The number of ether oxygens (including phenoxy) is 1. The SMILES string of the molecule is CC(=O)OC(CCCC(C)[C@H]1CC[C@H]2C(=O)CCC[C@]12C)c1ccc(C)cc1. The van der Waals surface area contributed by atoms with Gasteiger partial charge in [0.15, 0.2) is 0 Å². The Kier molecular flexibility index (Phi) is 6.62. The quantitative estimate of drug-likeness (QED) is 0.526. The first-order chi connectivity index (χ1) is 13.3. The van der Waals surface area contributed by atoms with Crippen LogP contribution in [0.25, 0.3) is 0 Å². The van der Waals surface area contributed by atoms with Crippen molar-refractivity contribution in [1.82, 2.24) is 0 Å². The van der Waals surface area contributed by atoms with Gasteiger partial charge in [-0.1, -0.05) is 50.1 Å². The van der Waals surface area contributed by atoms with Crippen molar-refractivity contribution in [3.05, 3.63) is 35.4 Å². The first kappa shape index (κ1) is 21.1. The molecule has 0 spiro atoms. The monoisotopic (exact) mass is 384 g/mol. The Morgan fingerprint density at radius 1 is 1.21 bits per heavy atom. The van der Waals surface area contributed by atoms with Gasteiger partial charge in [-0.2, -0.15) is 0 Å². The fourth-order valence-corrected chi connectivity index (χ4v) is 6.01. The minimum Gasteiger partial charge on any atom is -0.458 e. The summed E-state index contributed by atoms with van der Waals surface area (Å²) in [4.78, 5) is 24.0. The van der Waals surface area contributed by atoms with Gasteiger partial charge in [0.2, 0.25) is 0 Å². The zero-order chi connectivity index (χ0) is 20.3. The van der Waals surface area contributed by atoms with E-state index in [1.165, 1.54) is 25.3 Å². The van der Waals surface area contributed by atoms with E-state index in [1.54, 1.807) is 0 Å². The molecule has 2 aliphatic rings. The van der Waals surface area contributed by atoms with Crippen molar-refractivity contribution < 1.29 is 14.3 Å². The Bertz CT molecular complexity index is 692. The van der Waals surface area contributed by atoms with Gasteiger partial charge in [-0.25, -0.2) is 0 Å². The van der Waals surface area contributed by atoms with Crippen LogP contribution in [0.5, 0.6) is 0 Å². The van der Waals surface area contributed by atoms with E-state index in [2.05, 4.69) is 45.0 Å². The lowest BCUT2D eigenvalue weighted by Gasteiger charge is -2.42. The molecule has 3 heteroatoms. The van der Waals surface area contributed by atoms with Crippen LogP contribution in [0.3, 0.4) is 0 Å². The van der Waals surface area contributed by atoms with Crippen molar-refractivity contribution in [2.45, 2.75) is 85.2 Å². The largest absolute Gasteiger partial charge is 0.458 e. The zero-order valence-electron chi connectivity index (χ0n) is 18.0. The summed E-state index contributed by atoms with van der Waals surface area (Å²) in [5, 5.41) is 0. The van der Waals surface area contributed by atoms with Crippen LogP contribution in [-0.2, 0) is 14.3 Å². The zero-order valence-corrected chi connectivity index (χ0v) is 18.0. The molecule has 5 atom stereocenters. The molecular formula is C25H36O3. The minimum absolute atomic E-state index is 0.159. The molecule has 1 aromatic rings. The van der Waals surface area contributed by atoms with Crippen LogP contribution in [-0.4, -0.2) is 11.8 Å². The predicted octanol–water partition coefficient (Wildman–Crippen LogP) is 6.19. The van der Waals surface area contributed by atoms with Crippen LogP contribution >= 0.6 is 0 Å². The number of aryl methyl sites for hydroxylation is 1. The van der Waals surface area contributed by atoms with Gasteiger partial charge in [-0.15, -0.1) is 0 Å². The van der Waals surface area contributed by atoms with E-state index in [1.807, 2.05) is 0 Å². The summed E-state index contributed by atoms with van der Waals surface area (Å²) in [7, 11) is 0. The molecule has 0 radical (unpaired) electrons.